The summed E-state index contributed by atoms with van der Waals surface area (Å²) in [5.41, 5.74) is 0.427. The van der Waals surface area contributed by atoms with Gasteiger partial charge in [0, 0.05) is 5.02 Å². The number of rotatable bonds is 1. The van der Waals surface area contributed by atoms with E-state index in [-0.39, 0.29) is 17.2 Å². The Hall–Kier alpha value is -1.17. The van der Waals surface area contributed by atoms with Crippen molar-refractivity contribution in [2.24, 2.45) is 0 Å². The number of phenols is 1. The maximum atomic E-state index is 10.5. The molecule has 72 valence electrons. The molecule has 0 amide bonds. The summed E-state index contributed by atoms with van der Waals surface area (Å²) < 4.78 is 0. The van der Waals surface area contributed by atoms with Crippen LogP contribution in [-0.2, 0) is 0 Å². The Morgan fingerprint density at radius 2 is 2.21 bits per heavy atom. The van der Waals surface area contributed by atoms with Crippen LogP contribution in [0.4, 0.5) is 0 Å². The van der Waals surface area contributed by atoms with E-state index in [1.54, 1.807) is 0 Å². The van der Waals surface area contributed by atoms with Crippen molar-refractivity contribution in [3.05, 3.63) is 28.3 Å². The lowest BCUT2D eigenvalue weighted by atomic mass is 10.1. The molecule has 0 bridgehead atoms. The molecule has 0 aliphatic carbocycles. The molecule has 2 nitrogen and oxygen atoms in total. The lowest BCUT2D eigenvalue weighted by molar-refractivity contribution is 0.112. The number of carbonyl (C=O) groups excluding carboxylic acids is 1. The third-order valence-electron chi connectivity index (χ3n) is 1.52. The third kappa shape index (κ3) is 2.41. The molecule has 0 aliphatic rings. The highest BCUT2D eigenvalue weighted by molar-refractivity contribution is 6.31. The van der Waals surface area contributed by atoms with Crippen molar-refractivity contribution in [3.63, 3.8) is 0 Å². The minimum absolute atomic E-state index is 0.122. The van der Waals surface area contributed by atoms with Crippen LogP contribution in [0, 0.1) is 11.8 Å². The average molecular weight is 229 g/mol. The van der Waals surface area contributed by atoms with Gasteiger partial charge in [-0.25, -0.2) is 0 Å². The average Bonchev–Trinajstić information content (AvgIpc) is 2.18. The van der Waals surface area contributed by atoms with Gasteiger partial charge in [-0.3, -0.25) is 4.79 Å². The Kier molecular flexibility index (Phi) is 3.82. The first-order valence-electron chi connectivity index (χ1n) is 3.71. The van der Waals surface area contributed by atoms with Crippen LogP contribution in [0.25, 0.3) is 0 Å². The van der Waals surface area contributed by atoms with Gasteiger partial charge < -0.3 is 5.11 Å². The Labute approximate surface area is 91.5 Å². The Morgan fingerprint density at radius 1 is 1.50 bits per heavy atom. The van der Waals surface area contributed by atoms with Gasteiger partial charge >= 0.3 is 0 Å². The molecule has 0 aromatic heterocycles. The number of benzene rings is 1. The largest absolute Gasteiger partial charge is 0.506 e. The summed E-state index contributed by atoms with van der Waals surface area (Å²) in [5.74, 6) is 5.16. The van der Waals surface area contributed by atoms with E-state index in [1.807, 2.05) is 0 Å². The number of phenolic OH excluding ortho intramolecular Hbond substituents is 1. The molecule has 0 atom stereocenters. The molecule has 14 heavy (non-hydrogen) atoms. The number of carbonyl (C=O) groups is 1. The normalized spacial score (nSPS) is 9.00. The highest BCUT2D eigenvalue weighted by Crippen LogP contribution is 2.25. The molecule has 1 aromatic rings. The molecule has 0 fully saturated rings. The summed E-state index contributed by atoms with van der Waals surface area (Å²) in [6.07, 6.45) is 0.521. The second-order valence-electron chi connectivity index (χ2n) is 2.44. The van der Waals surface area contributed by atoms with Gasteiger partial charge in [0.2, 0.25) is 0 Å². The SMILES string of the molecule is O=Cc1cc(Cl)cc(C#CCCl)c1O. The van der Waals surface area contributed by atoms with Crippen molar-refractivity contribution in [2.75, 3.05) is 5.88 Å². The van der Waals surface area contributed by atoms with E-state index < -0.39 is 0 Å². The number of alkyl halides is 1. The summed E-state index contributed by atoms with van der Waals surface area (Å²) in [6.45, 7) is 0. The van der Waals surface area contributed by atoms with E-state index in [4.69, 9.17) is 23.2 Å². The fraction of sp³-hybridized carbons (Fsp3) is 0.100. The van der Waals surface area contributed by atoms with E-state index in [9.17, 15) is 9.90 Å². The van der Waals surface area contributed by atoms with Gasteiger partial charge in [0.1, 0.15) is 5.75 Å². The summed E-state index contributed by atoms with van der Waals surface area (Å²) in [5, 5.41) is 9.86. The second-order valence-corrected chi connectivity index (χ2v) is 3.15. The number of aldehydes is 1. The Morgan fingerprint density at radius 3 is 2.79 bits per heavy atom. The maximum absolute atomic E-state index is 10.5. The summed E-state index contributed by atoms with van der Waals surface area (Å²) in [4.78, 5) is 10.5. The first kappa shape index (κ1) is 10.9. The van der Waals surface area contributed by atoms with Crippen molar-refractivity contribution in [3.8, 4) is 17.6 Å². The third-order valence-corrected chi connectivity index (χ3v) is 1.87. The number of halogens is 2. The van der Waals surface area contributed by atoms with Crippen LogP contribution in [0.5, 0.6) is 5.75 Å². The maximum Gasteiger partial charge on any atom is 0.153 e. The van der Waals surface area contributed by atoms with Crippen LogP contribution in [-0.4, -0.2) is 17.3 Å². The predicted octanol–water partition coefficient (Wildman–Crippen LogP) is 2.45. The molecule has 0 radical (unpaired) electrons. The minimum atomic E-state index is -0.165. The van der Waals surface area contributed by atoms with Crippen LogP contribution in [0.15, 0.2) is 12.1 Å². The second kappa shape index (κ2) is 4.90. The minimum Gasteiger partial charge on any atom is -0.506 e. The van der Waals surface area contributed by atoms with Crippen molar-refractivity contribution in [2.45, 2.75) is 0 Å². The fourth-order valence-electron chi connectivity index (χ4n) is 0.934. The van der Waals surface area contributed by atoms with Gasteiger partial charge in [0.05, 0.1) is 17.0 Å². The Balaban J connectivity index is 3.28. The van der Waals surface area contributed by atoms with Gasteiger partial charge in [-0.15, -0.1) is 11.6 Å². The molecule has 4 heteroatoms. The van der Waals surface area contributed by atoms with Crippen molar-refractivity contribution >= 4 is 29.5 Å². The zero-order chi connectivity index (χ0) is 10.6. The topological polar surface area (TPSA) is 37.3 Å². The van der Waals surface area contributed by atoms with E-state index >= 15 is 0 Å². The lowest BCUT2D eigenvalue weighted by Crippen LogP contribution is -1.86. The van der Waals surface area contributed by atoms with Crippen LogP contribution in [0.2, 0.25) is 5.02 Å². The first-order chi connectivity index (χ1) is 6.69. The van der Waals surface area contributed by atoms with Gasteiger partial charge in [-0.05, 0) is 12.1 Å². The van der Waals surface area contributed by atoms with Crippen LogP contribution < -0.4 is 0 Å². The smallest absolute Gasteiger partial charge is 0.153 e. The van der Waals surface area contributed by atoms with E-state index in [1.165, 1.54) is 12.1 Å². The quantitative estimate of drug-likeness (QED) is 0.456. The number of aromatic hydroxyl groups is 1. The van der Waals surface area contributed by atoms with Crippen LogP contribution in [0.3, 0.4) is 0 Å². The molecule has 0 saturated carbocycles. The van der Waals surface area contributed by atoms with Crippen LogP contribution >= 0.6 is 23.2 Å². The highest BCUT2D eigenvalue weighted by Gasteiger charge is 2.06. The fourth-order valence-corrected chi connectivity index (χ4v) is 1.23. The van der Waals surface area contributed by atoms with Gasteiger partial charge in [-0.2, -0.15) is 0 Å². The predicted molar refractivity (Wildman–Crippen MR) is 56.1 cm³/mol. The molecule has 1 aromatic carbocycles. The summed E-state index contributed by atoms with van der Waals surface area (Å²) >= 11 is 11.1. The Bertz CT molecular complexity index is 416. The van der Waals surface area contributed by atoms with Gasteiger partial charge in [0.25, 0.3) is 0 Å². The molecule has 0 spiro atoms. The highest BCUT2D eigenvalue weighted by atomic mass is 35.5. The van der Waals surface area contributed by atoms with Crippen molar-refractivity contribution < 1.29 is 9.90 Å². The zero-order valence-corrected chi connectivity index (χ0v) is 8.56. The van der Waals surface area contributed by atoms with E-state index in [0.717, 1.165) is 0 Å². The van der Waals surface area contributed by atoms with Gasteiger partial charge in [0.15, 0.2) is 6.29 Å². The van der Waals surface area contributed by atoms with Crippen molar-refractivity contribution in [1.82, 2.24) is 0 Å². The number of hydrogen-bond acceptors (Lipinski definition) is 2. The van der Waals surface area contributed by atoms with Crippen LogP contribution in [0.1, 0.15) is 15.9 Å². The molecular formula is C10H6Cl2O2. The lowest BCUT2D eigenvalue weighted by Gasteiger charge is -2.00. The van der Waals surface area contributed by atoms with E-state index in [0.29, 0.717) is 16.9 Å². The molecule has 0 unspecified atom stereocenters. The van der Waals surface area contributed by atoms with Gasteiger partial charge in [-0.1, -0.05) is 23.4 Å². The van der Waals surface area contributed by atoms with E-state index in [2.05, 4.69) is 11.8 Å². The molecule has 1 rings (SSSR count). The van der Waals surface area contributed by atoms with Crippen molar-refractivity contribution in [1.29, 1.82) is 0 Å². The monoisotopic (exact) mass is 228 g/mol. The summed E-state index contributed by atoms with van der Waals surface area (Å²) in [6, 6.07) is 2.85. The number of hydrogen-bond donors (Lipinski definition) is 1. The molecular weight excluding hydrogens is 223 g/mol. The molecule has 1 N–H and O–H groups in total. The summed E-state index contributed by atoms with van der Waals surface area (Å²) in [7, 11) is 0. The zero-order valence-electron chi connectivity index (χ0n) is 7.05. The first-order valence-corrected chi connectivity index (χ1v) is 4.62. The molecule has 0 aliphatic heterocycles. The molecule has 0 heterocycles. The standard InChI is InChI=1S/C10H6Cl2O2/c11-3-1-2-7-4-9(12)5-8(6-13)10(7)14/h4-6,14H,3H2. The molecule has 0 saturated heterocycles.